The van der Waals surface area contributed by atoms with Gasteiger partial charge >= 0.3 is 6.09 Å². The van der Waals surface area contributed by atoms with Crippen LogP contribution in [-0.4, -0.2) is 72.5 Å². The third-order valence-electron chi connectivity index (χ3n) is 6.12. The fourth-order valence-corrected chi connectivity index (χ4v) is 5.87. The van der Waals surface area contributed by atoms with E-state index < -0.39 is 26.8 Å². The van der Waals surface area contributed by atoms with Gasteiger partial charge in [0.25, 0.3) is 0 Å². The number of ether oxygens (including phenoxy) is 1. The van der Waals surface area contributed by atoms with Gasteiger partial charge in [-0.25, -0.2) is 13.2 Å². The Kier molecular flexibility index (Phi) is 6.98. The highest BCUT2D eigenvalue weighted by molar-refractivity contribution is 7.92. The number of anilines is 2. The standard InChI is InChI=1S/C24H31N5O5S/c1-24(2,3)34-23(31)28-13-10-20(11-14-28)35(32,33)19-8-6-18(7-9-19)26-22(30)17-15-29(16-17)21-5-4-12-25-27-21/h4-9,12,17,20H,10-11,13-16H2,1-3H3,(H,26,30). The quantitative estimate of drug-likeness (QED) is 0.664. The lowest BCUT2D eigenvalue weighted by atomic mass is 9.99. The van der Waals surface area contributed by atoms with E-state index in [-0.39, 0.29) is 16.7 Å². The van der Waals surface area contributed by atoms with Crippen LogP contribution < -0.4 is 10.2 Å². The number of piperidine rings is 1. The van der Waals surface area contributed by atoms with E-state index in [9.17, 15) is 18.0 Å². The molecular weight excluding hydrogens is 470 g/mol. The van der Waals surface area contributed by atoms with Crippen molar-refractivity contribution in [3.63, 3.8) is 0 Å². The zero-order valence-corrected chi connectivity index (χ0v) is 21.0. The number of hydrogen-bond acceptors (Lipinski definition) is 8. The number of amides is 2. The molecule has 10 nitrogen and oxygen atoms in total. The molecule has 1 aromatic heterocycles. The van der Waals surface area contributed by atoms with Gasteiger partial charge < -0.3 is 19.9 Å². The monoisotopic (exact) mass is 501 g/mol. The number of carbonyl (C=O) groups is 2. The highest BCUT2D eigenvalue weighted by Gasteiger charge is 2.35. The molecule has 0 bridgehead atoms. The van der Waals surface area contributed by atoms with Gasteiger partial charge in [0.15, 0.2) is 15.7 Å². The van der Waals surface area contributed by atoms with Gasteiger partial charge in [0.2, 0.25) is 5.91 Å². The average molecular weight is 502 g/mol. The minimum atomic E-state index is -3.55. The van der Waals surface area contributed by atoms with Crippen LogP contribution >= 0.6 is 0 Å². The van der Waals surface area contributed by atoms with Gasteiger partial charge in [-0.3, -0.25) is 4.79 Å². The highest BCUT2D eigenvalue weighted by Crippen LogP contribution is 2.27. The second-order valence-corrected chi connectivity index (χ2v) is 12.1. The largest absolute Gasteiger partial charge is 0.444 e. The van der Waals surface area contributed by atoms with Crippen molar-refractivity contribution in [1.29, 1.82) is 0 Å². The van der Waals surface area contributed by atoms with E-state index in [0.717, 1.165) is 5.82 Å². The SMILES string of the molecule is CC(C)(C)OC(=O)N1CCC(S(=O)(=O)c2ccc(NC(=O)C3CN(c4cccnn4)C3)cc2)CC1. The van der Waals surface area contributed by atoms with Crippen LogP contribution in [0.15, 0.2) is 47.5 Å². The van der Waals surface area contributed by atoms with E-state index in [4.69, 9.17) is 4.74 Å². The van der Waals surface area contributed by atoms with Crippen molar-refractivity contribution < 1.29 is 22.7 Å². The van der Waals surface area contributed by atoms with Crippen LogP contribution in [0.1, 0.15) is 33.6 Å². The van der Waals surface area contributed by atoms with Crippen LogP contribution in [0.25, 0.3) is 0 Å². The Hall–Kier alpha value is -3.21. The molecule has 35 heavy (non-hydrogen) atoms. The lowest BCUT2D eigenvalue weighted by Gasteiger charge is -2.38. The summed E-state index contributed by atoms with van der Waals surface area (Å²) >= 11 is 0. The lowest BCUT2D eigenvalue weighted by molar-refractivity contribution is -0.120. The molecule has 3 heterocycles. The van der Waals surface area contributed by atoms with Gasteiger partial charge in [0, 0.05) is 38.1 Å². The van der Waals surface area contributed by atoms with Crippen molar-refractivity contribution >= 4 is 33.3 Å². The maximum absolute atomic E-state index is 13.1. The molecule has 0 spiro atoms. The normalized spacial score (nSPS) is 17.6. The van der Waals surface area contributed by atoms with Crippen molar-refractivity contribution in [3.05, 3.63) is 42.6 Å². The van der Waals surface area contributed by atoms with E-state index in [2.05, 4.69) is 15.5 Å². The summed E-state index contributed by atoms with van der Waals surface area (Å²) in [5, 5.41) is 10.2. The minimum Gasteiger partial charge on any atom is -0.444 e. The third kappa shape index (κ3) is 5.90. The number of benzene rings is 1. The van der Waals surface area contributed by atoms with Gasteiger partial charge in [-0.2, -0.15) is 5.10 Å². The third-order valence-corrected chi connectivity index (χ3v) is 8.40. The first-order valence-corrected chi connectivity index (χ1v) is 13.2. The van der Waals surface area contributed by atoms with E-state index in [1.807, 2.05) is 11.0 Å². The molecule has 2 aromatic rings. The smallest absolute Gasteiger partial charge is 0.410 e. The Morgan fingerprint density at radius 2 is 1.71 bits per heavy atom. The Balaban J connectivity index is 1.29. The van der Waals surface area contributed by atoms with Gasteiger partial charge in [0.1, 0.15) is 5.60 Å². The van der Waals surface area contributed by atoms with Crippen LogP contribution in [0.4, 0.5) is 16.3 Å². The summed E-state index contributed by atoms with van der Waals surface area (Å²) in [6, 6.07) is 9.92. The molecule has 0 saturated carbocycles. The Bertz CT molecular complexity index is 1150. The number of nitrogens with one attached hydrogen (secondary N) is 1. The van der Waals surface area contributed by atoms with E-state index in [1.54, 1.807) is 50.1 Å². The van der Waals surface area contributed by atoms with Gasteiger partial charge in [0.05, 0.1) is 16.1 Å². The molecule has 2 aliphatic heterocycles. The fourth-order valence-electron chi connectivity index (χ4n) is 4.13. The first-order chi connectivity index (χ1) is 16.5. The molecule has 2 amide bonds. The van der Waals surface area contributed by atoms with Crippen LogP contribution in [0.5, 0.6) is 0 Å². The Labute approximate surface area is 205 Å². The Morgan fingerprint density at radius 1 is 1.06 bits per heavy atom. The number of rotatable bonds is 5. The van der Waals surface area contributed by atoms with Crippen molar-refractivity contribution in [2.75, 3.05) is 36.4 Å². The second kappa shape index (κ2) is 9.80. The molecule has 0 unspecified atom stereocenters. The zero-order chi connectivity index (χ0) is 25.2. The summed E-state index contributed by atoms with van der Waals surface area (Å²) in [5.41, 5.74) is -0.0437. The number of sulfone groups is 1. The van der Waals surface area contributed by atoms with Crippen LogP contribution in [0.3, 0.4) is 0 Å². The van der Waals surface area contributed by atoms with Gasteiger partial charge in [-0.15, -0.1) is 5.10 Å². The van der Waals surface area contributed by atoms with E-state index in [1.165, 1.54) is 12.1 Å². The van der Waals surface area contributed by atoms with Gasteiger partial charge in [-0.05, 0) is 70.0 Å². The Morgan fingerprint density at radius 3 is 2.29 bits per heavy atom. The number of likely N-dealkylation sites (tertiary alicyclic amines) is 1. The van der Waals surface area contributed by atoms with E-state index in [0.29, 0.717) is 44.7 Å². The molecule has 1 aromatic carbocycles. The molecule has 1 N–H and O–H groups in total. The lowest BCUT2D eigenvalue weighted by Crippen LogP contribution is -2.52. The summed E-state index contributed by atoms with van der Waals surface area (Å²) < 4.78 is 31.6. The maximum atomic E-state index is 13.1. The molecule has 0 radical (unpaired) electrons. The molecule has 2 saturated heterocycles. The molecule has 0 atom stereocenters. The van der Waals surface area contributed by atoms with Crippen molar-refractivity contribution in [2.24, 2.45) is 5.92 Å². The molecule has 2 aliphatic rings. The molecule has 2 fully saturated rings. The number of hydrogen-bond donors (Lipinski definition) is 1. The summed E-state index contributed by atoms with van der Waals surface area (Å²) in [4.78, 5) is 28.5. The van der Waals surface area contributed by atoms with Crippen molar-refractivity contribution in [1.82, 2.24) is 15.1 Å². The predicted molar refractivity (Wildman–Crippen MR) is 131 cm³/mol. The second-order valence-electron chi connectivity index (χ2n) is 9.91. The maximum Gasteiger partial charge on any atom is 0.410 e. The van der Waals surface area contributed by atoms with Crippen molar-refractivity contribution in [2.45, 2.75) is 49.4 Å². The first-order valence-electron chi connectivity index (χ1n) is 11.7. The summed E-state index contributed by atoms with van der Waals surface area (Å²) in [6.45, 7) is 7.18. The first kappa shape index (κ1) is 24.9. The molecule has 0 aliphatic carbocycles. The van der Waals surface area contributed by atoms with Crippen molar-refractivity contribution in [3.8, 4) is 0 Å². The minimum absolute atomic E-state index is 0.115. The number of carbonyl (C=O) groups excluding carboxylic acids is 2. The zero-order valence-electron chi connectivity index (χ0n) is 20.2. The number of nitrogens with zero attached hydrogens (tertiary/aromatic N) is 4. The summed E-state index contributed by atoms with van der Waals surface area (Å²) in [7, 11) is -3.55. The highest BCUT2D eigenvalue weighted by atomic mass is 32.2. The molecule has 188 valence electrons. The van der Waals surface area contributed by atoms with Crippen LogP contribution in [0, 0.1) is 5.92 Å². The average Bonchev–Trinajstić information content (AvgIpc) is 2.78. The van der Waals surface area contributed by atoms with Gasteiger partial charge in [-0.1, -0.05) is 0 Å². The fraction of sp³-hybridized carbons (Fsp3) is 0.500. The van der Waals surface area contributed by atoms with Crippen LogP contribution in [0.2, 0.25) is 0 Å². The molecular formula is C24H31N5O5S. The van der Waals surface area contributed by atoms with Crippen LogP contribution in [-0.2, 0) is 19.4 Å². The van der Waals surface area contributed by atoms with E-state index >= 15 is 0 Å². The topological polar surface area (TPSA) is 122 Å². The summed E-state index contributed by atoms with van der Waals surface area (Å²) in [6.07, 6.45) is 1.89. The predicted octanol–water partition coefficient (Wildman–Crippen LogP) is 2.72. The molecule has 11 heteroatoms. The summed E-state index contributed by atoms with van der Waals surface area (Å²) in [5.74, 6) is 0.453. The number of aromatic nitrogens is 2. The molecule has 4 rings (SSSR count).